The van der Waals surface area contributed by atoms with Crippen molar-refractivity contribution in [1.29, 1.82) is 0 Å². The number of benzene rings is 1. The van der Waals surface area contributed by atoms with Crippen molar-refractivity contribution in [2.24, 2.45) is 0 Å². The summed E-state index contributed by atoms with van der Waals surface area (Å²) in [4.78, 5) is 30.4. The minimum atomic E-state index is -0.0730. The minimum absolute atomic E-state index is 0.0146. The number of aryl methyl sites for hydroxylation is 2. The first-order valence-electron chi connectivity index (χ1n) is 10.4. The van der Waals surface area contributed by atoms with Crippen LogP contribution in [-0.2, 0) is 0 Å². The van der Waals surface area contributed by atoms with E-state index in [0.717, 1.165) is 56.3 Å². The zero-order valence-electron chi connectivity index (χ0n) is 18.0. The predicted molar refractivity (Wildman–Crippen MR) is 121 cm³/mol. The highest BCUT2D eigenvalue weighted by Crippen LogP contribution is 2.40. The number of hydrogen-bond donors (Lipinski definition) is 0. The summed E-state index contributed by atoms with van der Waals surface area (Å²) in [5.41, 5.74) is 3.94. The smallest absolute Gasteiger partial charge is 0.264 e. The summed E-state index contributed by atoms with van der Waals surface area (Å²) in [6.45, 7) is 6.07. The Morgan fingerprint density at radius 2 is 1.94 bits per heavy atom. The van der Waals surface area contributed by atoms with Crippen LogP contribution in [0.2, 0.25) is 0 Å². The van der Waals surface area contributed by atoms with Gasteiger partial charge in [0.2, 0.25) is 0 Å². The van der Waals surface area contributed by atoms with Crippen molar-refractivity contribution in [2.75, 3.05) is 7.05 Å². The van der Waals surface area contributed by atoms with Crippen molar-refractivity contribution in [3.05, 3.63) is 64.4 Å². The van der Waals surface area contributed by atoms with Crippen LogP contribution in [0.5, 0.6) is 0 Å². The van der Waals surface area contributed by atoms with E-state index in [0.29, 0.717) is 5.92 Å². The molecule has 31 heavy (non-hydrogen) atoms. The third-order valence-electron chi connectivity index (χ3n) is 6.09. The molecule has 4 aromatic rings. The van der Waals surface area contributed by atoms with Gasteiger partial charge in [0.1, 0.15) is 23.3 Å². The number of carbonyl (C=O) groups is 1. The summed E-state index contributed by atoms with van der Waals surface area (Å²) in [5, 5.41) is 5.18. The van der Waals surface area contributed by atoms with Crippen LogP contribution in [-0.4, -0.2) is 42.6 Å². The van der Waals surface area contributed by atoms with Crippen LogP contribution in [0, 0.1) is 13.8 Å². The second-order valence-corrected chi connectivity index (χ2v) is 9.20. The van der Waals surface area contributed by atoms with Gasteiger partial charge in [-0.05, 0) is 56.9 Å². The highest BCUT2D eigenvalue weighted by atomic mass is 32.1. The Hall–Kier alpha value is -3.13. The molecule has 1 saturated carbocycles. The van der Waals surface area contributed by atoms with Gasteiger partial charge in [-0.25, -0.2) is 19.6 Å². The summed E-state index contributed by atoms with van der Waals surface area (Å²) < 4.78 is 1.71. The molecule has 0 N–H and O–H groups in total. The summed E-state index contributed by atoms with van der Waals surface area (Å²) >= 11 is 1.49. The Kier molecular flexibility index (Phi) is 4.81. The largest absolute Gasteiger partial charge is 0.334 e. The summed E-state index contributed by atoms with van der Waals surface area (Å²) in [6, 6.07) is 7.96. The van der Waals surface area contributed by atoms with Gasteiger partial charge >= 0.3 is 0 Å². The molecule has 7 nitrogen and oxygen atoms in total. The summed E-state index contributed by atoms with van der Waals surface area (Å²) in [7, 11) is 1.86. The molecule has 1 aromatic carbocycles. The maximum Gasteiger partial charge on any atom is 0.264 e. The molecule has 1 atom stereocenters. The van der Waals surface area contributed by atoms with Gasteiger partial charge in [0.05, 0.1) is 22.3 Å². The predicted octanol–water partition coefficient (Wildman–Crippen LogP) is 4.60. The zero-order valence-corrected chi connectivity index (χ0v) is 18.8. The molecule has 158 valence electrons. The Morgan fingerprint density at radius 1 is 1.19 bits per heavy atom. The van der Waals surface area contributed by atoms with Gasteiger partial charge in [-0.15, -0.1) is 11.3 Å². The molecule has 0 aliphatic heterocycles. The van der Waals surface area contributed by atoms with Crippen LogP contribution in [0.15, 0.2) is 36.9 Å². The van der Waals surface area contributed by atoms with Crippen molar-refractivity contribution >= 4 is 27.5 Å². The number of carbonyl (C=O) groups excluding carboxylic acids is 1. The number of fused-ring (bicyclic) bond motifs is 1. The SMILES string of the molecule is Cc1nc(C2CC2)nc2sc(C(=O)N(C)C(C)c3ccc(-n4cncn4)cc3)c(C)c12. The van der Waals surface area contributed by atoms with Crippen LogP contribution in [0.25, 0.3) is 15.9 Å². The van der Waals surface area contributed by atoms with Gasteiger partial charge in [0.25, 0.3) is 5.91 Å². The normalized spacial score (nSPS) is 14.7. The van der Waals surface area contributed by atoms with Gasteiger partial charge < -0.3 is 4.90 Å². The fourth-order valence-corrected chi connectivity index (χ4v) is 5.12. The number of nitrogens with zero attached hydrogens (tertiary/aromatic N) is 6. The van der Waals surface area contributed by atoms with Crippen LogP contribution in [0.1, 0.15) is 64.0 Å². The molecule has 3 heterocycles. The Bertz CT molecular complexity index is 1260. The number of hydrogen-bond acceptors (Lipinski definition) is 6. The van der Waals surface area contributed by atoms with Crippen molar-refractivity contribution < 1.29 is 4.79 Å². The zero-order chi connectivity index (χ0) is 21.7. The lowest BCUT2D eigenvalue weighted by Gasteiger charge is -2.25. The molecule has 0 radical (unpaired) electrons. The summed E-state index contributed by atoms with van der Waals surface area (Å²) in [6.07, 6.45) is 5.50. The maximum atomic E-state index is 13.4. The second kappa shape index (κ2) is 7.53. The maximum absolute atomic E-state index is 13.4. The highest BCUT2D eigenvalue weighted by molar-refractivity contribution is 7.20. The minimum Gasteiger partial charge on any atom is -0.334 e. The highest BCUT2D eigenvalue weighted by Gasteiger charge is 2.29. The fourth-order valence-electron chi connectivity index (χ4n) is 3.89. The van der Waals surface area contributed by atoms with Gasteiger partial charge in [-0.3, -0.25) is 4.79 Å². The molecule has 1 aliphatic carbocycles. The Labute approximate surface area is 184 Å². The molecule has 1 unspecified atom stereocenters. The van der Waals surface area contributed by atoms with Crippen LogP contribution in [0.4, 0.5) is 0 Å². The first kappa shape index (κ1) is 19.8. The molecule has 1 aliphatic rings. The standard InChI is InChI=1S/C23H24N6OS/c1-13-19-14(2)26-21(17-5-6-17)27-22(19)31-20(13)23(30)28(4)15(3)16-7-9-18(10-8-16)29-12-24-11-25-29/h7-12,15,17H,5-6H2,1-4H3. The number of aromatic nitrogens is 5. The number of rotatable bonds is 5. The first-order valence-corrected chi connectivity index (χ1v) is 11.3. The van der Waals surface area contributed by atoms with Gasteiger partial charge in [-0.1, -0.05) is 12.1 Å². The first-order chi connectivity index (χ1) is 14.9. The van der Waals surface area contributed by atoms with Crippen molar-refractivity contribution in [3.63, 3.8) is 0 Å². The number of thiophene rings is 1. The van der Waals surface area contributed by atoms with E-state index in [1.165, 1.54) is 17.7 Å². The van der Waals surface area contributed by atoms with Crippen molar-refractivity contribution in [1.82, 2.24) is 29.6 Å². The molecule has 0 spiro atoms. The molecular formula is C23H24N6OS. The van der Waals surface area contributed by atoms with Gasteiger partial charge in [0.15, 0.2) is 0 Å². The van der Waals surface area contributed by atoms with E-state index in [2.05, 4.69) is 10.1 Å². The van der Waals surface area contributed by atoms with Crippen LogP contribution < -0.4 is 0 Å². The van der Waals surface area contributed by atoms with E-state index in [9.17, 15) is 4.79 Å². The van der Waals surface area contributed by atoms with E-state index in [4.69, 9.17) is 9.97 Å². The van der Waals surface area contributed by atoms with E-state index in [-0.39, 0.29) is 11.9 Å². The van der Waals surface area contributed by atoms with E-state index >= 15 is 0 Å². The van der Waals surface area contributed by atoms with Crippen molar-refractivity contribution in [2.45, 2.75) is 45.6 Å². The van der Waals surface area contributed by atoms with E-state index in [1.807, 2.05) is 52.1 Å². The molecule has 8 heteroatoms. The lowest BCUT2D eigenvalue weighted by molar-refractivity contribution is 0.0747. The molecule has 5 rings (SSSR count). The van der Waals surface area contributed by atoms with E-state index in [1.54, 1.807) is 15.9 Å². The van der Waals surface area contributed by atoms with Crippen LogP contribution >= 0.6 is 11.3 Å². The average Bonchev–Trinajstić information content (AvgIpc) is 3.38. The molecular weight excluding hydrogens is 408 g/mol. The summed E-state index contributed by atoms with van der Waals surface area (Å²) in [5.74, 6) is 1.44. The molecule has 0 saturated heterocycles. The topological polar surface area (TPSA) is 76.8 Å². The van der Waals surface area contributed by atoms with Crippen molar-refractivity contribution in [3.8, 4) is 5.69 Å². The van der Waals surface area contributed by atoms with Crippen LogP contribution in [0.3, 0.4) is 0 Å². The second-order valence-electron chi connectivity index (χ2n) is 8.20. The van der Waals surface area contributed by atoms with Gasteiger partial charge in [-0.2, -0.15) is 5.10 Å². The Morgan fingerprint density at radius 3 is 2.58 bits per heavy atom. The molecule has 1 fully saturated rings. The third-order valence-corrected chi connectivity index (χ3v) is 7.26. The van der Waals surface area contributed by atoms with E-state index < -0.39 is 0 Å². The number of amides is 1. The molecule has 0 bridgehead atoms. The molecule has 1 amide bonds. The monoisotopic (exact) mass is 432 g/mol. The Balaban J connectivity index is 1.42. The fraction of sp³-hybridized carbons (Fsp3) is 0.348. The van der Waals surface area contributed by atoms with Gasteiger partial charge in [0, 0.05) is 18.4 Å². The third kappa shape index (κ3) is 3.50. The lowest BCUT2D eigenvalue weighted by atomic mass is 10.1. The quantitative estimate of drug-likeness (QED) is 0.461. The lowest BCUT2D eigenvalue weighted by Crippen LogP contribution is -2.29. The average molecular weight is 433 g/mol. The molecule has 3 aromatic heterocycles.